The van der Waals surface area contributed by atoms with E-state index in [2.05, 4.69) is 17.3 Å². The van der Waals surface area contributed by atoms with Gasteiger partial charge in [-0.2, -0.15) is 0 Å². The highest BCUT2D eigenvalue weighted by molar-refractivity contribution is 5.80. The minimum Gasteiger partial charge on any atom is -0.353 e. The van der Waals surface area contributed by atoms with Crippen LogP contribution in [-0.4, -0.2) is 21.7 Å². The first kappa shape index (κ1) is 16.5. The highest BCUT2D eigenvalue weighted by Gasteiger charge is 2.20. The molecule has 1 heterocycles. The molecule has 2 atom stereocenters. The number of rotatable bonds is 4. The number of amides is 1. The molecule has 0 spiro atoms. The van der Waals surface area contributed by atoms with Crippen LogP contribution in [0.25, 0.3) is 10.8 Å². The monoisotopic (exact) mass is 329 g/mol. The summed E-state index contributed by atoms with van der Waals surface area (Å²) < 4.78 is 1.23. The van der Waals surface area contributed by atoms with Crippen LogP contribution in [0.1, 0.15) is 39.0 Å². The smallest absolute Gasteiger partial charge is 0.273 e. The molecule has 2 unspecified atom stereocenters. The van der Waals surface area contributed by atoms with Crippen molar-refractivity contribution >= 4 is 16.7 Å². The van der Waals surface area contributed by atoms with Gasteiger partial charge in [-0.25, -0.2) is 4.68 Å². The fraction of sp³-hybridized carbons (Fsp3) is 0.500. The molecule has 128 valence electrons. The molecule has 1 aromatic heterocycles. The standard InChI is InChI=1S/C18H23N3O3/c1-12-5-4-6-13(11-12)19-16(22)9-10-21-18(24)15-8-3-2-7-14(15)17(23)20-21/h2-3,7-8,12-13H,4-6,9-11H2,1H3,(H,19,22)(H,20,23). The Morgan fingerprint density at radius 1 is 1.25 bits per heavy atom. The lowest BCUT2D eigenvalue weighted by Gasteiger charge is -2.27. The third kappa shape index (κ3) is 3.58. The molecule has 24 heavy (non-hydrogen) atoms. The summed E-state index contributed by atoms with van der Waals surface area (Å²) in [6, 6.07) is 6.93. The summed E-state index contributed by atoms with van der Waals surface area (Å²) in [4.78, 5) is 36.6. The molecule has 0 aliphatic heterocycles. The summed E-state index contributed by atoms with van der Waals surface area (Å²) in [6.07, 6.45) is 4.57. The molecule has 1 fully saturated rings. The van der Waals surface area contributed by atoms with Gasteiger partial charge in [0, 0.05) is 12.5 Å². The maximum absolute atomic E-state index is 12.4. The number of nitrogens with one attached hydrogen (secondary N) is 2. The summed E-state index contributed by atoms with van der Waals surface area (Å²) >= 11 is 0. The zero-order valence-electron chi connectivity index (χ0n) is 13.9. The molecule has 1 aromatic carbocycles. The van der Waals surface area contributed by atoms with Crippen LogP contribution in [0, 0.1) is 5.92 Å². The number of carbonyl (C=O) groups is 1. The number of fused-ring (bicyclic) bond motifs is 1. The van der Waals surface area contributed by atoms with Gasteiger partial charge in [0.25, 0.3) is 11.1 Å². The van der Waals surface area contributed by atoms with E-state index < -0.39 is 0 Å². The molecule has 6 nitrogen and oxygen atoms in total. The van der Waals surface area contributed by atoms with Gasteiger partial charge in [0.1, 0.15) is 0 Å². The summed E-state index contributed by atoms with van der Waals surface area (Å²) in [5.41, 5.74) is -0.587. The molecule has 1 saturated carbocycles. The normalized spacial score (nSPS) is 20.9. The minimum atomic E-state index is -0.313. The first-order valence-electron chi connectivity index (χ1n) is 8.56. The van der Waals surface area contributed by atoms with E-state index in [0.29, 0.717) is 16.7 Å². The van der Waals surface area contributed by atoms with Crippen LogP contribution in [0.3, 0.4) is 0 Å². The molecule has 0 bridgehead atoms. The molecular weight excluding hydrogens is 306 g/mol. The summed E-state index contributed by atoms with van der Waals surface area (Å²) in [5, 5.41) is 6.35. The van der Waals surface area contributed by atoms with Crippen LogP contribution in [0.5, 0.6) is 0 Å². The number of aromatic nitrogens is 2. The Hall–Kier alpha value is -2.37. The van der Waals surface area contributed by atoms with Gasteiger partial charge in [-0.15, -0.1) is 0 Å². The lowest BCUT2D eigenvalue weighted by atomic mass is 9.87. The number of hydrogen-bond acceptors (Lipinski definition) is 3. The Labute approximate surface area is 139 Å². The second-order valence-electron chi connectivity index (χ2n) is 6.73. The molecule has 2 N–H and O–H groups in total. The van der Waals surface area contributed by atoms with Crippen molar-refractivity contribution in [3.05, 3.63) is 45.0 Å². The van der Waals surface area contributed by atoms with Gasteiger partial charge in [-0.05, 0) is 30.9 Å². The van der Waals surface area contributed by atoms with Crippen molar-refractivity contribution in [2.75, 3.05) is 0 Å². The number of aromatic amines is 1. The van der Waals surface area contributed by atoms with Crippen LogP contribution in [-0.2, 0) is 11.3 Å². The predicted molar refractivity (Wildman–Crippen MR) is 93.0 cm³/mol. The maximum atomic E-state index is 12.4. The Bertz CT molecular complexity index is 852. The molecule has 6 heteroatoms. The molecule has 2 aromatic rings. The van der Waals surface area contributed by atoms with E-state index in [4.69, 9.17) is 0 Å². The Morgan fingerprint density at radius 2 is 2.00 bits per heavy atom. The van der Waals surface area contributed by atoms with Gasteiger partial charge in [0.05, 0.1) is 17.3 Å². The van der Waals surface area contributed by atoms with Gasteiger partial charge in [-0.1, -0.05) is 31.9 Å². The Morgan fingerprint density at radius 3 is 2.75 bits per heavy atom. The SMILES string of the molecule is CC1CCCC(NC(=O)CCn2[nH]c(=O)c3ccccc3c2=O)C1. The number of hydrogen-bond donors (Lipinski definition) is 2. The lowest BCUT2D eigenvalue weighted by Crippen LogP contribution is -2.39. The van der Waals surface area contributed by atoms with Gasteiger partial charge in [-0.3, -0.25) is 19.5 Å². The zero-order valence-corrected chi connectivity index (χ0v) is 13.9. The van der Waals surface area contributed by atoms with E-state index in [1.54, 1.807) is 24.3 Å². The molecule has 3 rings (SSSR count). The van der Waals surface area contributed by atoms with E-state index in [1.165, 1.54) is 11.1 Å². The maximum Gasteiger partial charge on any atom is 0.273 e. The molecule has 0 saturated heterocycles. The van der Waals surface area contributed by atoms with Crippen LogP contribution in [0.4, 0.5) is 0 Å². The van der Waals surface area contributed by atoms with Crippen molar-refractivity contribution in [1.29, 1.82) is 0 Å². The predicted octanol–water partition coefficient (Wildman–Crippen LogP) is 1.77. The third-order valence-electron chi connectivity index (χ3n) is 4.75. The second-order valence-corrected chi connectivity index (χ2v) is 6.73. The van der Waals surface area contributed by atoms with Crippen molar-refractivity contribution in [3.63, 3.8) is 0 Å². The number of carbonyl (C=O) groups excluding carboxylic acids is 1. The number of aryl methyl sites for hydroxylation is 1. The zero-order chi connectivity index (χ0) is 17.1. The van der Waals surface area contributed by atoms with E-state index in [1.807, 2.05) is 0 Å². The summed E-state index contributed by atoms with van der Waals surface area (Å²) in [5.74, 6) is 0.568. The molecule has 1 aliphatic rings. The second kappa shape index (κ2) is 7.03. The Kier molecular flexibility index (Phi) is 4.83. The van der Waals surface area contributed by atoms with Crippen molar-refractivity contribution < 1.29 is 4.79 Å². The van der Waals surface area contributed by atoms with Crippen LogP contribution in [0.15, 0.2) is 33.9 Å². The van der Waals surface area contributed by atoms with Gasteiger partial charge >= 0.3 is 0 Å². The average molecular weight is 329 g/mol. The van der Waals surface area contributed by atoms with Crippen molar-refractivity contribution in [1.82, 2.24) is 15.1 Å². The van der Waals surface area contributed by atoms with E-state index in [9.17, 15) is 14.4 Å². The van der Waals surface area contributed by atoms with E-state index >= 15 is 0 Å². The third-order valence-corrected chi connectivity index (χ3v) is 4.75. The molecule has 1 aliphatic carbocycles. The largest absolute Gasteiger partial charge is 0.353 e. The molecule has 0 radical (unpaired) electrons. The first-order chi connectivity index (χ1) is 11.5. The topological polar surface area (TPSA) is 84.0 Å². The Balaban J connectivity index is 1.67. The molecular formula is C18H23N3O3. The fourth-order valence-electron chi connectivity index (χ4n) is 3.48. The van der Waals surface area contributed by atoms with Gasteiger partial charge in [0.2, 0.25) is 5.91 Å². The van der Waals surface area contributed by atoms with Crippen molar-refractivity contribution in [3.8, 4) is 0 Å². The van der Waals surface area contributed by atoms with Crippen molar-refractivity contribution in [2.45, 2.75) is 51.6 Å². The fourth-order valence-corrected chi connectivity index (χ4v) is 3.48. The van der Waals surface area contributed by atoms with Crippen LogP contribution < -0.4 is 16.4 Å². The van der Waals surface area contributed by atoms with Gasteiger partial charge < -0.3 is 5.32 Å². The molecule has 1 amide bonds. The van der Waals surface area contributed by atoms with Crippen LogP contribution in [0.2, 0.25) is 0 Å². The lowest BCUT2D eigenvalue weighted by molar-refractivity contribution is -0.122. The van der Waals surface area contributed by atoms with E-state index in [-0.39, 0.29) is 36.0 Å². The van der Waals surface area contributed by atoms with Crippen LogP contribution >= 0.6 is 0 Å². The summed E-state index contributed by atoms with van der Waals surface area (Å²) in [7, 11) is 0. The first-order valence-corrected chi connectivity index (χ1v) is 8.56. The average Bonchev–Trinajstić information content (AvgIpc) is 2.57. The minimum absolute atomic E-state index is 0.0741. The number of nitrogens with zero attached hydrogens (tertiary/aromatic N) is 1. The van der Waals surface area contributed by atoms with E-state index in [0.717, 1.165) is 19.3 Å². The number of benzene rings is 1. The van der Waals surface area contributed by atoms with Crippen molar-refractivity contribution in [2.24, 2.45) is 5.92 Å². The summed E-state index contributed by atoms with van der Waals surface area (Å²) in [6.45, 7) is 2.38. The quantitative estimate of drug-likeness (QED) is 0.897. The van der Waals surface area contributed by atoms with Gasteiger partial charge in [0.15, 0.2) is 0 Å². The highest BCUT2D eigenvalue weighted by atomic mass is 16.2. The highest BCUT2D eigenvalue weighted by Crippen LogP contribution is 2.23. The number of H-pyrrole nitrogens is 1.